The van der Waals surface area contributed by atoms with E-state index in [1.807, 2.05) is 24.3 Å². The molecule has 0 unspecified atom stereocenters. The van der Waals surface area contributed by atoms with Crippen LogP contribution in [0.5, 0.6) is 0 Å². The van der Waals surface area contributed by atoms with Crippen LogP contribution in [0.25, 0.3) is 10.9 Å². The molecule has 1 aromatic heterocycles. The molecule has 2 rings (SSSR count). The Balaban J connectivity index is 2.18. The maximum absolute atomic E-state index is 12.1. The minimum absolute atomic E-state index is 0.0360. The van der Waals surface area contributed by atoms with Gasteiger partial charge in [0.2, 0.25) is 0 Å². The Morgan fingerprint density at radius 3 is 2.94 bits per heavy atom. The van der Waals surface area contributed by atoms with Gasteiger partial charge in [0.15, 0.2) is 0 Å². The zero-order chi connectivity index (χ0) is 12.1. The first-order valence-corrected chi connectivity index (χ1v) is 5.98. The monoisotopic (exact) mass is 231 g/mol. The van der Waals surface area contributed by atoms with Crippen molar-refractivity contribution in [1.29, 1.82) is 0 Å². The van der Waals surface area contributed by atoms with E-state index in [1.54, 1.807) is 10.9 Å². The van der Waals surface area contributed by atoms with Crippen molar-refractivity contribution < 1.29 is 0 Å². The largest absolute Gasteiger partial charge is 0.315 e. The van der Waals surface area contributed by atoms with E-state index in [9.17, 15) is 4.79 Å². The maximum Gasteiger partial charge on any atom is 0.261 e. The lowest BCUT2D eigenvalue weighted by Gasteiger charge is -2.07. The normalized spacial score (nSPS) is 10.9. The number of para-hydroxylation sites is 1. The second-order valence-electron chi connectivity index (χ2n) is 4.01. The fourth-order valence-corrected chi connectivity index (χ4v) is 1.77. The number of nitrogens with one attached hydrogen (secondary N) is 1. The molecule has 0 atom stereocenters. The van der Waals surface area contributed by atoms with E-state index in [0.717, 1.165) is 25.0 Å². The van der Waals surface area contributed by atoms with Crippen LogP contribution in [0.15, 0.2) is 35.4 Å². The molecular weight excluding hydrogens is 214 g/mol. The molecule has 0 bridgehead atoms. The lowest BCUT2D eigenvalue weighted by molar-refractivity contribution is 0.579. The quantitative estimate of drug-likeness (QED) is 0.791. The number of hydrogen-bond acceptors (Lipinski definition) is 3. The smallest absolute Gasteiger partial charge is 0.261 e. The molecule has 0 saturated heterocycles. The summed E-state index contributed by atoms with van der Waals surface area (Å²) in [5.74, 6) is 0. The zero-order valence-corrected chi connectivity index (χ0v) is 10.0. The first-order chi connectivity index (χ1) is 8.33. The van der Waals surface area contributed by atoms with Crippen molar-refractivity contribution in [2.24, 2.45) is 0 Å². The summed E-state index contributed by atoms with van der Waals surface area (Å²) in [5.41, 5.74) is 0.796. The van der Waals surface area contributed by atoms with Crippen LogP contribution in [0.2, 0.25) is 0 Å². The summed E-state index contributed by atoms with van der Waals surface area (Å²) in [6.07, 6.45) is 2.73. The van der Waals surface area contributed by atoms with Gasteiger partial charge in [-0.1, -0.05) is 19.1 Å². The molecular formula is C13H17N3O. The predicted octanol–water partition coefficient (Wildman–Crippen LogP) is 1.40. The second-order valence-corrected chi connectivity index (χ2v) is 4.01. The van der Waals surface area contributed by atoms with Gasteiger partial charge in [0.05, 0.1) is 17.2 Å². The first-order valence-electron chi connectivity index (χ1n) is 5.98. The maximum atomic E-state index is 12.1. The van der Waals surface area contributed by atoms with E-state index >= 15 is 0 Å². The van der Waals surface area contributed by atoms with E-state index in [1.165, 1.54) is 0 Å². The Kier molecular flexibility index (Phi) is 3.88. The van der Waals surface area contributed by atoms with E-state index < -0.39 is 0 Å². The van der Waals surface area contributed by atoms with Gasteiger partial charge in [-0.2, -0.15) is 0 Å². The van der Waals surface area contributed by atoms with Gasteiger partial charge in [-0.15, -0.1) is 0 Å². The highest BCUT2D eigenvalue weighted by atomic mass is 16.1. The topological polar surface area (TPSA) is 46.9 Å². The van der Waals surface area contributed by atoms with Gasteiger partial charge >= 0.3 is 0 Å². The number of rotatable bonds is 5. The van der Waals surface area contributed by atoms with Gasteiger partial charge in [0.1, 0.15) is 0 Å². The van der Waals surface area contributed by atoms with Crippen LogP contribution in [0.4, 0.5) is 0 Å². The second kappa shape index (κ2) is 5.59. The highest BCUT2D eigenvalue weighted by Gasteiger charge is 2.02. The summed E-state index contributed by atoms with van der Waals surface area (Å²) in [5, 5.41) is 3.96. The van der Waals surface area contributed by atoms with E-state index in [4.69, 9.17) is 0 Å². The molecule has 0 radical (unpaired) electrons. The molecule has 0 aliphatic heterocycles. The van der Waals surface area contributed by atoms with Crippen molar-refractivity contribution in [3.63, 3.8) is 0 Å². The molecule has 1 N–H and O–H groups in total. The molecule has 1 heterocycles. The number of benzene rings is 1. The summed E-state index contributed by atoms with van der Waals surface area (Å²) in [6.45, 7) is 4.57. The summed E-state index contributed by atoms with van der Waals surface area (Å²) in [7, 11) is 0. The van der Waals surface area contributed by atoms with Crippen molar-refractivity contribution in [3.05, 3.63) is 40.9 Å². The van der Waals surface area contributed by atoms with Crippen molar-refractivity contribution >= 4 is 10.9 Å². The minimum atomic E-state index is 0.0360. The van der Waals surface area contributed by atoms with Gasteiger partial charge < -0.3 is 5.32 Å². The van der Waals surface area contributed by atoms with Crippen LogP contribution in [0.3, 0.4) is 0 Å². The van der Waals surface area contributed by atoms with Crippen LogP contribution in [0.1, 0.15) is 13.3 Å². The molecule has 2 aromatic rings. The Hall–Kier alpha value is -1.68. The molecule has 0 saturated carbocycles. The van der Waals surface area contributed by atoms with Gasteiger partial charge in [0, 0.05) is 13.1 Å². The SMILES string of the molecule is CCCNCCn1cnc2ccccc2c1=O. The van der Waals surface area contributed by atoms with Crippen LogP contribution < -0.4 is 10.9 Å². The number of nitrogens with zero attached hydrogens (tertiary/aromatic N) is 2. The molecule has 90 valence electrons. The molecule has 0 aliphatic carbocycles. The van der Waals surface area contributed by atoms with Gasteiger partial charge in [-0.25, -0.2) is 4.98 Å². The predicted molar refractivity (Wildman–Crippen MR) is 69.2 cm³/mol. The van der Waals surface area contributed by atoms with Gasteiger partial charge in [-0.3, -0.25) is 9.36 Å². The summed E-state index contributed by atoms with van der Waals surface area (Å²) in [4.78, 5) is 16.4. The summed E-state index contributed by atoms with van der Waals surface area (Å²) in [6, 6.07) is 7.43. The van der Waals surface area contributed by atoms with Crippen LogP contribution in [0, 0.1) is 0 Å². The highest BCUT2D eigenvalue weighted by molar-refractivity contribution is 5.76. The van der Waals surface area contributed by atoms with Crippen LogP contribution in [-0.2, 0) is 6.54 Å². The van der Waals surface area contributed by atoms with Crippen molar-refractivity contribution in [2.75, 3.05) is 13.1 Å². The minimum Gasteiger partial charge on any atom is -0.315 e. The number of aromatic nitrogens is 2. The molecule has 0 spiro atoms. The van der Waals surface area contributed by atoms with Gasteiger partial charge in [-0.05, 0) is 25.1 Å². The van der Waals surface area contributed by atoms with E-state index in [-0.39, 0.29) is 5.56 Å². The molecule has 0 aliphatic rings. The molecule has 0 fully saturated rings. The fraction of sp³-hybridized carbons (Fsp3) is 0.385. The molecule has 0 amide bonds. The first kappa shape index (κ1) is 11.8. The van der Waals surface area contributed by atoms with E-state index in [0.29, 0.717) is 11.9 Å². The Morgan fingerprint density at radius 1 is 1.29 bits per heavy atom. The zero-order valence-electron chi connectivity index (χ0n) is 10.0. The third-order valence-electron chi connectivity index (χ3n) is 2.69. The Morgan fingerprint density at radius 2 is 2.12 bits per heavy atom. The lowest BCUT2D eigenvalue weighted by atomic mass is 10.2. The molecule has 17 heavy (non-hydrogen) atoms. The fourth-order valence-electron chi connectivity index (χ4n) is 1.77. The average Bonchev–Trinajstić information content (AvgIpc) is 2.37. The third kappa shape index (κ3) is 2.71. The number of fused-ring (bicyclic) bond motifs is 1. The van der Waals surface area contributed by atoms with Crippen molar-refractivity contribution in [3.8, 4) is 0 Å². The van der Waals surface area contributed by atoms with Crippen LogP contribution >= 0.6 is 0 Å². The van der Waals surface area contributed by atoms with Crippen molar-refractivity contribution in [1.82, 2.24) is 14.9 Å². The Labute approximate surface area is 100 Å². The lowest BCUT2D eigenvalue weighted by Crippen LogP contribution is -2.27. The molecule has 4 heteroatoms. The average molecular weight is 231 g/mol. The summed E-state index contributed by atoms with van der Waals surface area (Å²) >= 11 is 0. The molecule has 4 nitrogen and oxygen atoms in total. The summed E-state index contributed by atoms with van der Waals surface area (Å²) < 4.78 is 1.66. The molecule has 1 aromatic carbocycles. The highest BCUT2D eigenvalue weighted by Crippen LogP contribution is 2.04. The number of hydrogen-bond donors (Lipinski definition) is 1. The van der Waals surface area contributed by atoms with E-state index in [2.05, 4.69) is 17.2 Å². The third-order valence-corrected chi connectivity index (χ3v) is 2.69. The standard InChI is InChI=1S/C13H17N3O/c1-2-7-14-8-9-16-10-15-12-6-4-3-5-11(12)13(16)17/h3-6,10,14H,2,7-9H2,1H3. The Bertz CT molecular complexity index is 548. The van der Waals surface area contributed by atoms with Crippen LogP contribution in [-0.4, -0.2) is 22.6 Å². The van der Waals surface area contributed by atoms with Gasteiger partial charge in [0.25, 0.3) is 5.56 Å². The van der Waals surface area contributed by atoms with Crippen molar-refractivity contribution in [2.45, 2.75) is 19.9 Å².